The molecule has 0 amide bonds. The van der Waals surface area contributed by atoms with Gasteiger partial charge in [-0.3, -0.25) is 0 Å². The first kappa shape index (κ1) is 31.5. The molecule has 6 nitrogen and oxygen atoms in total. The van der Waals surface area contributed by atoms with Crippen molar-refractivity contribution in [3.8, 4) is 45.5 Å². The molecule has 0 aliphatic heterocycles. The SMILES string of the molecule is c1ccc(-c2nc(-c3ccccc3)nc(-c3ccc(-n4c5cc6c(cc5c5cc7c8ccccc8n(-c8ccccc8)c7cc54)oc4ccccc46)cc3)n2)cc1. The number of fused-ring (bicyclic) bond motifs is 9. The van der Waals surface area contributed by atoms with Gasteiger partial charge in [-0.2, -0.15) is 0 Å². The Morgan fingerprint density at radius 1 is 0.298 bits per heavy atom. The van der Waals surface area contributed by atoms with E-state index in [9.17, 15) is 0 Å². The fourth-order valence-corrected chi connectivity index (χ4v) is 8.53. The minimum atomic E-state index is 0.622. The van der Waals surface area contributed by atoms with E-state index >= 15 is 0 Å². The van der Waals surface area contributed by atoms with E-state index in [0.29, 0.717) is 17.5 Å². The summed E-state index contributed by atoms with van der Waals surface area (Å²) in [4.78, 5) is 14.9. The van der Waals surface area contributed by atoms with Gasteiger partial charge >= 0.3 is 0 Å². The van der Waals surface area contributed by atoms with Crippen LogP contribution >= 0.6 is 0 Å². The summed E-state index contributed by atoms with van der Waals surface area (Å²) in [7, 11) is 0. The molecule has 0 fully saturated rings. The maximum absolute atomic E-state index is 6.46. The molecule has 0 saturated heterocycles. The third-order valence-electron chi connectivity index (χ3n) is 11.2. The van der Waals surface area contributed by atoms with Crippen LogP contribution in [0.3, 0.4) is 0 Å². The summed E-state index contributed by atoms with van der Waals surface area (Å²) in [5.74, 6) is 1.90. The Bertz CT molecular complexity index is 3430. The number of hydrogen-bond donors (Lipinski definition) is 0. The van der Waals surface area contributed by atoms with Gasteiger partial charge < -0.3 is 13.6 Å². The van der Waals surface area contributed by atoms with Crippen LogP contribution in [0.1, 0.15) is 0 Å². The van der Waals surface area contributed by atoms with E-state index in [1.807, 2.05) is 72.8 Å². The van der Waals surface area contributed by atoms with E-state index in [1.54, 1.807) is 0 Å². The van der Waals surface area contributed by atoms with Gasteiger partial charge in [0.15, 0.2) is 17.5 Å². The van der Waals surface area contributed by atoms with Crippen LogP contribution < -0.4 is 0 Å². The lowest BCUT2D eigenvalue weighted by atomic mass is 10.1. The predicted molar refractivity (Wildman–Crippen MR) is 232 cm³/mol. The average molecular weight is 730 g/mol. The number of hydrogen-bond acceptors (Lipinski definition) is 4. The minimum Gasteiger partial charge on any atom is -0.456 e. The monoisotopic (exact) mass is 729 g/mol. The first-order valence-corrected chi connectivity index (χ1v) is 19.1. The molecule has 266 valence electrons. The van der Waals surface area contributed by atoms with Crippen LogP contribution in [0.15, 0.2) is 192 Å². The number of rotatable bonds is 5. The molecule has 4 aromatic heterocycles. The molecule has 0 unspecified atom stereocenters. The molecule has 0 saturated carbocycles. The van der Waals surface area contributed by atoms with Crippen molar-refractivity contribution in [1.29, 1.82) is 0 Å². The highest BCUT2D eigenvalue weighted by atomic mass is 16.3. The van der Waals surface area contributed by atoms with Crippen molar-refractivity contribution in [3.63, 3.8) is 0 Å². The van der Waals surface area contributed by atoms with Gasteiger partial charge in [0, 0.05) is 60.4 Å². The molecule has 57 heavy (non-hydrogen) atoms. The number of benzene rings is 8. The van der Waals surface area contributed by atoms with Gasteiger partial charge in [0.05, 0.1) is 22.1 Å². The number of para-hydroxylation sites is 3. The highest BCUT2D eigenvalue weighted by Crippen LogP contribution is 2.42. The zero-order valence-corrected chi connectivity index (χ0v) is 30.5. The van der Waals surface area contributed by atoms with E-state index in [2.05, 4.69) is 124 Å². The van der Waals surface area contributed by atoms with Crippen LogP contribution in [-0.4, -0.2) is 24.1 Å². The highest BCUT2D eigenvalue weighted by molar-refractivity contribution is 6.22. The summed E-state index contributed by atoms with van der Waals surface area (Å²) in [6.07, 6.45) is 0. The number of nitrogens with zero attached hydrogens (tertiary/aromatic N) is 5. The van der Waals surface area contributed by atoms with Crippen molar-refractivity contribution in [2.75, 3.05) is 0 Å². The number of furan rings is 1. The Morgan fingerprint density at radius 3 is 1.44 bits per heavy atom. The van der Waals surface area contributed by atoms with Crippen molar-refractivity contribution in [1.82, 2.24) is 24.1 Å². The summed E-state index contributed by atoms with van der Waals surface area (Å²) >= 11 is 0. The molecule has 12 aromatic rings. The second-order valence-corrected chi connectivity index (χ2v) is 14.5. The van der Waals surface area contributed by atoms with E-state index < -0.39 is 0 Å². The van der Waals surface area contributed by atoms with Gasteiger partial charge in [0.25, 0.3) is 0 Å². The molecule has 0 spiro atoms. The van der Waals surface area contributed by atoms with Crippen molar-refractivity contribution in [2.24, 2.45) is 0 Å². The summed E-state index contributed by atoms with van der Waals surface area (Å²) < 4.78 is 11.2. The van der Waals surface area contributed by atoms with Crippen LogP contribution in [-0.2, 0) is 0 Å². The lowest BCUT2D eigenvalue weighted by Gasteiger charge is -2.11. The maximum atomic E-state index is 6.46. The van der Waals surface area contributed by atoms with Gasteiger partial charge in [-0.25, -0.2) is 15.0 Å². The minimum absolute atomic E-state index is 0.622. The molecule has 0 bridgehead atoms. The molecule has 0 aliphatic carbocycles. The molecule has 0 atom stereocenters. The first-order chi connectivity index (χ1) is 28.2. The summed E-state index contributed by atoms with van der Waals surface area (Å²) in [5.41, 5.74) is 11.3. The maximum Gasteiger partial charge on any atom is 0.164 e. The Labute approximate surface area is 326 Å². The molecule has 12 rings (SSSR count). The second kappa shape index (κ2) is 12.3. The van der Waals surface area contributed by atoms with Crippen LogP contribution in [0.25, 0.3) is 111 Å². The first-order valence-electron chi connectivity index (χ1n) is 19.1. The van der Waals surface area contributed by atoms with Crippen LogP contribution in [0.4, 0.5) is 0 Å². The average Bonchev–Trinajstić information content (AvgIpc) is 3.92. The van der Waals surface area contributed by atoms with Crippen molar-refractivity contribution < 1.29 is 4.42 Å². The topological polar surface area (TPSA) is 61.7 Å². The lowest BCUT2D eigenvalue weighted by Crippen LogP contribution is -2.00. The molecular formula is C51H31N5O. The standard InChI is InChI=1S/C51H31N5O/c1-4-14-32(15-5-1)49-52-50(33-16-6-2-7-17-33)54-51(53-49)34-24-26-36(27-25-34)56-44-29-42-38-21-11-13-23-47(38)57-48(42)30-41(44)40-28-39-37-20-10-12-22-43(37)55(45(39)31-46(40)56)35-18-8-3-9-19-35/h1-31H. The van der Waals surface area contributed by atoms with Gasteiger partial charge in [0.2, 0.25) is 0 Å². The summed E-state index contributed by atoms with van der Waals surface area (Å²) in [6, 6.07) is 65.6. The predicted octanol–water partition coefficient (Wildman–Crippen LogP) is 13.0. The largest absolute Gasteiger partial charge is 0.456 e. The van der Waals surface area contributed by atoms with Crippen molar-refractivity contribution in [3.05, 3.63) is 188 Å². The van der Waals surface area contributed by atoms with E-state index in [1.165, 1.54) is 16.3 Å². The Kier molecular flexibility index (Phi) is 6.83. The zero-order valence-electron chi connectivity index (χ0n) is 30.5. The quantitative estimate of drug-likeness (QED) is 0.177. The van der Waals surface area contributed by atoms with Crippen LogP contribution in [0.5, 0.6) is 0 Å². The smallest absolute Gasteiger partial charge is 0.164 e. The second-order valence-electron chi connectivity index (χ2n) is 14.5. The Hall–Kier alpha value is -7.83. The van der Waals surface area contributed by atoms with Crippen molar-refractivity contribution in [2.45, 2.75) is 0 Å². The molecule has 0 aliphatic rings. The van der Waals surface area contributed by atoms with Crippen LogP contribution in [0.2, 0.25) is 0 Å². The van der Waals surface area contributed by atoms with Gasteiger partial charge in [0.1, 0.15) is 11.2 Å². The number of aromatic nitrogens is 5. The fourth-order valence-electron chi connectivity index (χ4n) is 8.53. The Balaban J connectivity index is 1.11. The molecular weight excluding hydrogens is 699 g/mol. The Morgan fingerprint density at radius 2 is 0.772 bits per heavy atom. The van der Waals surface area contributed by atoms with E-state index in [-0.39, 0.29) is 0 Å². The molecule has 6 heteroatoms. The molecule has 0 radical (unpaired) electrons. The fraction of sp³-hybridized carbons (Fsp3) is 0. The van der Waals surface area contributed by atoms with Gasteiger partial charge in [-0.05, 0) is 72.8 Å². The lowest BCUT2D eigenvalue weighted by molar-refractivity contribution is 0.669. The van der Waals surface area contributed by atoms with Crippen molar-refractivity contribution >= 4 is 65.6 Å². The highest BCUT2D eigenvalue weighted by Gasteiger charge is 2.21. The van der Waals surface area contributed by atoms with Gasteiger partial charge in [-0.15, -0.1) is 0 Å². The van der Waals surface area contributed by atoms with E-state index in [0.717, 1.165) is 77.3 Å². The molecule has 4 heterocycles. The normalized spacial score (nSPS) is 11.9. The third-order valence-corrected chi connectivity index (χ3v) is 11.2. The molecule has 8 aromatic carbocycles. The van der Waals surface area contributed by atoms with E-state index in [4.69, 9.17) is 19.4 Å². The molecule has 0 N–H and O–H groups in total. The third kappa shape index (κ3) is 4.94. The van der Waals surface area contributed by atoms with Gasteiger partial charge in [-0.1, -0.05) is 115 Å². The zero-order chi connectivity index (χ0) is 37.5. The van der Waals surface area contributed by atoms with Crippen LogP contribution in [0, 0.1) is 0 Å². The summed E-state index contributed by atoms with van der Waals surface area (Å²) in [5, 5.41) is 6.92. The summed E-state index contributed by atoms with van der Waals surface area (Å²) in [6.45, 7) is 0.